The molecule has 0 atom stereocenters. The topological polar surface area (TPSA) is 45.2 Å². The van der Waals surface area contributed by atoms with Crippen LogP contribution in [0, 0.1) is 0 Å². The summed E-state index contributed by atoms with van der Waals surface area (Å²) in [6.07, 6.45) is 3.00. The number of amides is 2. The van der Waals surface area contributed by atoms with Crippen molar-refractivity contribution in [3.8, 4) is 11.3 Å². The fourth-order valence-corrected chi connectivity index (χ4v) is 3.72. The molecule has 26 heavy (non-hydrogen) atoms. The lowest BCUT2D eigenvalue weighted by Crippen LogP contribution is -2.37. The number of thiazole rings is 1. The maximum Gasteiger partial charge on any atom is 0.323 e. The SMILES string of the molecule is O=C(Nc1nc(-c2ccccc2)cs1)N1CC=C(c2ccccc2)CC1. The van der Waals surface area contributed by atoms with Crippen LogP contribution in [-0.4, -0.2) is 29.0 Å². The van der Waals surface area contributed by atoms with Gasteiger partial charge >= 0.3 is 6.03 Å². The highest BCUT2D eigenvalue weighted by Gasteiger charge is 2.19. The normalized spacial score (nSPS) is 14.0. The maximum absolute atomic E-state index is 12.5. The first-order valence-electron chi connectivity index (χ1n) is 8.61. The van der Waals surface area contributed by atoms with Crippen LogP contribution in [0.5, 0.6) is 0 Å². The molecule has 0 saturated heterocycles. The molecule has 0 unspecified atom stereocenters. The van der Waals surface area contributed by atoms with Crippen LogP contribution in [0.25, 0.3) is 16.8 Å². The molecule has 130 valence electrons. The highest BCUT2D eigenvalue weighted by Crippen LogP contribution is 2.26. The van der Waals surface area contributed by atoms with Crippen molar-refractivity contribution >= 4 is 28.1 Å². The lowest BCUT2D eigenvalue weighted by molar-refractivity contribution is 0.217. The molecule has 4 rings (SSSR count). The Bertz CT molecular complexity index is 919. The number of hydrogen-bond acceptors (Lipinski definition) is 3. The number of carbonyl (C=O) groups is 1. The summed E-state index contributed by atoms with van der Waals surface area (Å²) in [5.74, 6) is 0. The molecule has 2 amide bonds. The molecule has 0 fully saturated rings. The fraction of sp³-hybridized carbons (Fsp3) is 0.143. The Labute approximate surface area is 156 Å². The van der Waals surface area contributed by atoms with Gasteiger partial charge < -0.3 is 4.90 Å². The van der Waals surface area contributed by atoms with E-state index in [9.17, 15) is 4.79 Å². The van der Waals surface area contributed by atoms with Gasteiger partial charge in [-0.15, -0.1) is 11.3 Å². The molecule has 1 aliphatic rings. The summed E-state index contributed by atoms with van der Waals surface area (Å²) >= 11 is 1.45. The molecular formula is C21H19N3OS. The van der Waals surface area contributed by atoms with Crippen molar-refractivity contribution < 1.29 is 4.79 Å². The molecule has 0 radical (unpaired) electrons. The van der Waals surface area contributed by atoms with Gasteiger partial charge in [-0.25, -0.2) is 9.78 Å². The molecule has 3 aromatic rings. The summed E-state index contributed by atoms with van der Waals surface area (Å²) in [5, 5.41) is 5.52. The van der Waals surface area contributed by atoms with Gasteiger partial charge in [0.1, 0.15) is 0 Å². The average Bonchev–Trinajstić information content (AvgIpc) is 3.18. The summed E-state index contributed by atoms with van der Waals surface area (Å²) in [4.78, 5) is 18.8. The van der Waals surface area contributed by atoms with Gasteiger partial charge in [0.25, 0.3) is 0 Å². The average molecular weight is 361 g/mol. The zero-order chi connectivity index (χ0) is 17.8. The van der Waals surface area contributed by atoms with Crippen molar-refractivity contribution in [2.24, 2.45) is 0 Å². The van der Waals surface area contributed by atoms with Crippen LogP contribution in [0.4, 0.5) is 9.93 Å². The summed E-state index contributed by atoms with van der Waals surface area (Å²) in [5.41, 5.74) is 4.48. The summed E-state index contributed by atoms with van der Waals surface area (Å²) in [6.45, 7) is 1.33. The van der Waals surface area contributed by atoms with Crippen molar-refractivity contribution in [1.82, 2.24) is 9.88 Å². The van der Waals surface area contributed by atoms with Gasteiger partial charge in [0, 0.05) is 24.0 Å². The van der Waals surface area contributed by atoms with Crippen molar-refractivity contribution in [3.63, 3.8) is 0 Å². The van der Waals surface area contributed by atoms with E-state index in [4.69, 9.17) is 0 Å². The van der Waals surface area contributed by atoms with E-state index in [0.29, 0.717) is 18.2 Å². The molecule has 1 N–H and O–H groups in total. The molecule has 5 heteroatoms. The number of aromatic nitrogens is 1. The number of anilines is 1. The van der Waals surface area contributed by atoms with E-state index in [1.807, 2.05) is 58.8 Å². The Morgan fingerprint density at radius 1 is 1.00 bits per heavy atom. The summed E-state index contributed by atoms with van der Waals surface area (Å²) < 4.78 is 0. The van der Waals surface area contributed by atoms with E-state index in [1.165, 1.54) is 22.5 Å². The molecule has 0 bridgehead atoms. The molecular weight excluding hydrogens is 342 g/mol. The van der Waals surface area contributed by atoms with Crippen LogP contribution in [0.1, 0.15) is 12.0 Å². The van der Waals surface area contributed by atoms with Gasteiger partial charge in [0.15, 0.2) is 5.13 Å². The van der Waals surface area contributed by atoms with Crippen LogP contribution in [-0.2, 0) is 0 Å². The van der Waals surface area contributed by atoms with Crippen molar-refractivity contribution in [3.05, 3.63) is 77.7 Å². The third-order valence-corrected chi connectivity index (χ3v) is 5.19. The Morgan fingerprint density at radius 2 is 1.69 bits per heavy atom. The second kappa shape index (κ2) is 7.54. The largest absolute Gasteiger partial charge is 0.323 e. The van der Waals surface area contributed by atoms with Gasteiger partial charge in [-0.1, -0.05) is 66.7 Å². The molecule has 1 aliphatic heterocycles. The fourth-order valence-electron chi connectivity index (χ4n) is 3.01. The van der Waals surface area contributed by atoms with E-state index in [-0.39, 0.29) is 6.03 Å². The second-order valence-corrected chi connectivity index (χ2v) is 6.98. The number of hydrogen-bond donors (Lipinski definition) is 1. The minimum absolute atomic E-state index is 0.0951. The molecule has 1 aromatic heterocycles. The highest BCUT2D eigenvalue weighted by atomic mass is 32.1. The molecule has 4 nitrogen and oxygen atoms in total. The van der Waals surface area contributed by atoms with Crippen molar-refractivity contribution in [2.75, 3.05) is 18.4 Å². The summed E-state index contributed by atoms with van der Waals surface area (Å²) in [6, 6.07) is 20.2. The monoisotopic (exact) mass is 361 g/mol. The Balaban J connectivity index is 1.39. The quantitative estimate of drug-likeness (QED) is 0.703. The lowest BCUT2D eigenvalue weighted by atomic mass is 10.00. The Kier molecular flexibility index (Phi) is 4.80. The van der Waals surface area contributed by atoms with Crippen LogP contribution in [0.3, 0.4) is 0 Å². The molecule has 2 aromatic carbocycles. The minimum Gasteiger partial charge on any atom is -0.320 e. The molecule has 2 heterocycles. The van der Waals surface area contributed by atoms with Gasteiger partial charge in [0.2, 0.25) is 0 Å². The van der Waals surface area contributed by atoms with Gasteiger partial charge in [-0.3, -0.25) is 5.32 Å². The summed E-state index contributed by atoms with van der Waals surface area (Å²) in [7, 11) is 0. The number of benzene rings is 2. The number of carbonyl (C=O) groups excluding carboxylic acids is 1. The van der Waals surface area contributed by atoms with Crippen molar-refractivity contribution in [1.29, 1.82) is 0 Å². The van der Waals surface area contributed by atoms with Crippen LogP contribution in [0.2, 0.25) is 0 Å². The zero-order valence-corrected chi connectivity index (χ0v) is 15.1. The Morgan fingerprint density at radius 3 is 2.35 bits per heavy atom. The lowest BCUT2D eigenvalue weighted by Gasteiger charge is -2.26. The van der Waals surface area contributed by atoms with Crippen molar-refractivity contribution in [2.45, 2.75) is 6.42 Å². The van der Waals surface area contributed by atoms with Crippen LogP contribution < -0.4 is 5.32 Å². The van der Waals surface area contributed by atoms with Gasteiger partial charge in [-0.05, 0) is 17.6 Å². The zero-order valence-electron chi connectivity index (χ0n) is 14.3. The first-order valence-corrected chi connectivity index (χ1v) is 9.49. The van der Waals surface area contributed by atoms with E-state index in [1.54, 1.807) is 0 Å². The van der Waals surface area contributed by atoms with E-state index in [2.05, 4.69) is 28.5 Å². The van der Waals surface area contributed by atoms with Crippen LogP contribution >= 0.6 is 11.3 Å². The maximum atomic E-state index is 12.5. The third kappa shape index (κ3) is 3.68. The Hall–Kier alpha value is -2.92. The second-order valence-electron chi connectivity index (χ2n) is 6.13. The molecule has 0 spiro atoms. The molecule has 0 aliphatic carbocycles. The van der Waals surface area contributed by atoms with E-state index >= 15 is 0 Å². The third-order valence-electron chi connectivity index (χ3n) is 4.43. The first kappa shape index (κ1) is 16.5. The standard InChI is InChI=1S/C21H19N3OS/c25-21(23-20-22-19(15-26-20)18-9-5-2-6-10-18)24-13-11-17(12-14-24)16-7-3-1-4-8-16/h1-11,15H,12-14H2,(H,22,23,25). The van der Waals surface area contributed by atoms with Gasteiger partial charge in [-0.2, -0.15) is 0 Å². The number of urea groups is 1. The predicted octanol–water partition coefficient (Wildman–Crippen LogP) is 5.13. The smallest absolute Gasteiger partial charge is 0.320 e. The number of rotatable bonds is 3. The highest BCUT2D eigenvalue weighted by molar-refractivity contribution is 7.14. The van der Waals surface area contributed by atoms with E-state index in [0.717, 1.165) is 17.7 Å². The minimum atomic E-state index is -0.0951. The first-order chi connectivity index (χ1) is 12.8. The number of nitrogens with zero attached hydrogens (tertiary/aromatic N) is 2. The predicted molar refractivity (Wildman–Crippen MR) is 107 cm³/mol. The number of nitrogens with one attached hydrogen (secondary N) is 1. The van der Waals surface area contributed by atoms with Gasteiger partial charge in [0.05, 0.1) is 5.69 Å². The molecule has 0 saturated carbocycles. The van der Waals surface area contributed by atoms with Crippen LogP contribution in [0.15, 0.2) is 72.1 Å². The van der Waals surface area contributed by atoms with E-state index < -0.39 is 0 Å².